The number of hydrogen-bond donors (Lipinski definition) is 1. The summed E-state index contributed by atoms with van der Waals surface area (Å²) < 4.78 is 2.37. The summed E-state index contributed by atoms with van der Waals surface area (Å²) >= 11 is 5.88. The predicted octanol–water partition coefficient (Wildman–Crippen LogP) is 5.43. The van der Waals surface area contributed by atoms with Gasteiger partial charge in [0.05, 0.1) is 17.8 Å². The van der Waals surface area contributed by atoms with E-state index in [4.69, 9.17) is 12.2 Å². The molecule has 6 heteroatoms. The molecule has 1 N–H and O–H groups in total. The van der Waals surface area contributed by atoms with Crippen LogP contribution in [0, 0.1) is 20.8 Å². The largest absolute Gasteiger partial charge is 0.351 e. The van der Waals surface area contributed by atoms with Crippen molar-refractivity contribution in [3.05, 3.63) is 113 Å². The van der Waals surface area contributed by atoms with Crippen LogP contribution in [0.15, 0.2) is 79.3 Å². The Kier molecular flexibility index (Phi) is 5.68. The van der Waals surface area contributed by atoms with Crippen LogP contribution in [0.3, 0.4) is 0 Å². The molecular weight excluding hydrogens is 426 g/mol. The highest BCUT2D eigenvalue weighted by molar-refractivity contribution is 7.80. The Balaban J connectivity index is 1.63. The third-order valence-corrected chi connectivity index (χ3v) is 6.71. The highest BCUT2D eigenvalue weighted by Crippen LogP contribution is 2.43. The van der Waals surface area contributed by atoms with Crippen molar-refractivity contribution >= 4 is 23.0 Å². The fraction of sp³-hybridized carbons (Fsp3) is 0.222. The summed E-state index contributed by atoms with van der Waals surface area (Å²) in [5.74, 6) is 0. The Morgan fingerprint density at radius 1 is 0.939 bits per heavy atom. The van der Waals surface area contributed by atoms with E-state index in [1.165, 1.54) is 28.1 Å². The van der Waals surface area contributed by atoms with Gasteiger partial charge < -0.3 is 14.8 Å². The van der Waals surface area contributed by atoms with Gasteiger partial charge >= 0.3 is 0 Å². The Hall–Kier alpha value is -3.51. The molecule has 0 unspecified atom stereocenters. The maximum atomic E-state index is 5.88. The molecular formula is C27H27N5S. The van der Waals surface area contributed by atoms with Crippen LogP contribution in [0.25, 0.3) is 0 Å². The minimum atomic E-state index is -0.0471. The second-order valence-electron chi connectivity index (χ2n) is 8.60. The Labute approximate surface area is 200 Å². The molecule has 0 bridgehead atoms. The zero-order valence-corrected chi connectivity index (χ0v) is 19.9. The van der Waals surface area contributed by atoms with Gasteiger partial charge in [-0.1, -0.05) is 18.2 Å². The van der Waals surface area contributed by atoms with Gasteiger partial charge in [-0.15, -0.1) is 0 Å². The first-order chi connectivity index (χ1) is 16.0. The molecule has 5 rings (SSSR count). The molecule has 1 aliphatic heterocycles. The van der Waals surface area contributed by atoms with Crippen LogP contribution in [0.2, 0.25) is 0 Å². The van der Waals surface area contributed by atoms with Gasteiger partial charge in [0.15, 0.2) is 5.11 Å². The summed E-state index contributed by atoms with van der Waals surface area (Å²) in [5, 5.41) is 4.29. The van der Waals surface area contributed by atoms with Crippen LogP contribution in [0.4, 0.5) is 5.69 Å². The lowest BCUT2D eigenvalue weighted by Gasteiger charge is -2.28. The lowest BCUT2D eigenvalue weighted by Crippen LogP contribution is -2.29. The van der Waals surface area contributed by atoms with E-state index >= 15 is 0 Å². The third kappa shape index (κ3) is 4.02. The average molecular weight is 454 g/mol. The second kappa shape index (κ2) is 8.79. The summed E-state index contributed by atoms with van der Waals surface area (Å²) in [6.45, 7) is 7.30. The fourth-order valence-corrected chi connectivity index (χ4v) is 5.11. The van der Waals surface area contributed by atoms with Crippen molar-refractivity contribution in [3.8, 4) is 0 Å². The molecule has 0 radical (unpaired) electrons. The number of thiocarbonyl (C=S) groups is 1. The summed E-state index contributed by atoms with van der Waals surface area (Å²) in [7, 11) is 0. The molecule has 3 aromatic heterocycles. The zero-order chi connectivity index (χ0) is 22.9. The van der Waals surface area contributed by atoms with Crippen LogP contribution in [-0.2, 0) is 6.54 Å². The van der Waals surface area contributed by atoms with Gasteiger partial charge in [-0.05, 0) is 92.1 Å². The van der Waals surface area contributed by atoms with Gasteiger partial charge in [-0.3, -0.25) is 9.97 Å². The summed E-state index contributed by atoms with van der Waals surface area (Å²) in [5.41, 5.74) is 8.23. The molecule has 166 valence electrons. The third-order valence-electron chi connectivity index (χ3n) is 6.40. The number of pyridine rings is 2. The quantitative estimate of drug-likeness (QED) is 0.408. The molecule has 1 aromatic carbocycles. The minimum Gasteiger partial charge on any atom is -0.351 e. The van der Waals surface area contributed by atoms with Crippen LogP contribution in [-0.4, -0.2) is 19.6 Å². The van der Waals surface area contributed by atoms with Crippen molar-refractivity contribution in [2.45, 2.75) is 39.4 Å². The van der Waals surface area contributed by atoms with Crippen molar-refractivity contribution in [2.24, 2.45) is 0 Å². The maximum absolute atomic E-state index is 5.88. The van der Waals surface area contributed by atoms with E-state index in [0.717, 1.165) is 23.0 Å². The highest BCUT2D eigenvalue weighted by Gasteiger charge is 2.42. The van der Waals surface area contributed by atoms with E-state index in [2.05, 4.69) is 94.1 Å². The number of rotatable bonds is 5. The summed E-state index contributed by atoms with van der Waals surface area (Å²) in [6.07, 6.45) is 5.54. The molecule has 1 saturated heterocycles. The van der Waals surface area contributed by atoms with Crippen molar-refractivity contribution in [1.29, 1.82) is 0 Å². The molecule has 1 fully saturated rings. The minimum absolute atomic E-state index is 0.00779. The van der Waals surface area contributed by atoms with Gasteiger partial charge in [-0.2, -0.15) is 0 Å². The van der Waals surface area contributed by atoms with Crippen molar-refractivity contribution in [1.82, 2.24) is 19.9 Å². The predicted molar refractivity (Wildman–Crippen MR) is 136 cm³/mol. The fourth-order valence-electron chi connectivity index (χ4n) is 4.77. The van der Waals surface area contributed by atoms with Gasteiger partial charge in [0, 0.05) is 42.2 Å². The molecule has 0 aliphatic carbocycles. The highest BCUT2D eigenvalue weighted by atomic mass is 32.1. The van der Waals surface area contributed by atoms with Gasteiger partial charge in [0.2, 0.25) is 0 Å². The molecule has 0 amide bonds. The lowest BCUT2D eigenvalue weighted by atomic mass is 9.96. The first-order valence-corrected chi connectivity index (χ1v) is 11.6. The number of nitrogens with zero attached hydrogens (tertiary/aromatic N) is 4. The second-order valence-corrected chi connectivity index (χ2v) is 8.99. The maximum Gasteiger partial charge on any atom is 0.174 e. The summed E-state index contributed by atoms with van der Waals surface area (Å²) in [6, 6.07) is 21.0. The molecule has 1 aliphatic rings. The molecule has 33 heavy (non-hydrogen) atoms. The number of aromatic nitrogens is 3. The summed E-state index contributed by atoms with van der Waals surface area (Å²) in [4.78, 5) is 11.1. The number of nitrogens with one attached hydrogen (secondary N) is 1. The van der Waals surface area contributed by atoms with Crippen molar-refractivity contribution in [2.75, 3.05) is 4.90 Å². The normalized spacial score (nSPS) is 17.9. The van der Waals surface area contributed by atoms with E-state index in [1.807, 2.05) is 30.7 Å². The topological polar surface area (TPSA) is 46.0 Å². The smallest absolute Gasteiger partial charge is 0.174 e. The standard InChI is InChI=1S/C27H27N5S/c1-18-7-6-8-22(15-18)32-26(25(30-27(32)33)24-9-4-5-12-29-24)23-16-19(2)31(20(23)3)17-21-10-13-28-14-11-21/h4-16,25-26H,17H2,1-3H3,(H,30,33)/t25-,26+/m1/s1. The number of hydrogen-bond acceptors (Lipinski definition) is 3. The van der Waals surface area contributed by atoms with Crippen LogP contribution < -0.4 is 10.2 Å². The Morgan fingerprint density at radius 3 is 2.48 bits per heavy atom. The lowest BCUT2D eigenvalue weighted by molar-refractivity contribution is 0.563. The molecule has 4 heterocycles. The van der Waals surface area contributed by atoms with E-state index in [1.54, 1.807) is 0 Å². The molecule has 0 saturated carbocycles. The monoisotopic (exact) mass is 453 g/mol. The first-order valence-electron chi connectivity index (χ1n) is 11.2. The molecule has 2 atom stereocenters. The van der Waals surface area contributed by atoms with Crippen LogP contribution in [0.5, 0.6) is 0 Å². The Bertz CT molecular complexity index is 1280. The van der Waals surface area contributed by atoms with Crippen LogP contribution >= 0.6 is 12.2 Å². The number of benzene rings is 1. The molecule has 5 nitrogen and oxygen atoms in total. The van der Waals surface area contributed by atoms with Crippen molar-refractivity contribution < 1.29 is 0 Å². The SMILES string of the molecule is Cc1cccc(N2C(=S)N[C@H](c3ccccn3)[C@@H]2c2cc(C)n(Cc3ccncc3)c2C)c1. The van der Waals surface area contributed by atoms with E-state index in [0.29, 0.717) is 0 Å². The Morgan fingerprint density at radius 2 is 1.76 bits per heavy atom. The zero-order valence-electron chi connectivity index (χ0n) is 19.1. The molecule has 0 spiro atoms. The van der Waals surface area contributed by atoms with Gasteiger partial charge in [-0.25, -0.2) is 0 Å². The van der Waals surface area contributed by atoms with Crippen LogP contribution in [0.1, 0.15) is 45.9 Å². The van der Waals surface area contributed by atoms with Gasteiger partial charge in [0.25, 0.3) is 0 Å². The average Bonchev–Trinajstić information content (AvgIpc) is 3.31. The van der Waals surface area contributed by atoms with E-state index < -0.39 is 0 Å². The van der Waals surface area contributed by atoms with Crippen molar-refractivity contribution in [3.63, 3.8) is 0 Å². The molecule has 4 aromatic rings. The van der Waals surface area contributed by atoms with E-state index in [-0.39, 0.29) is 12.1 Å². The van der Waals surface area contributed by atoms with E-state index in [9.17, 15) is 0 Å². The van der Waals surface area contributed by atoms with Gasteiger partial charge in [0.1, 0.15) is 0 Å². The number of anilines is 1. The number of aryl methyl sites for hydroxylation is 2. The first kappa shape index (κ1) is 21.3.